The third-order valence-corrected chi connectivity index (χ3v) is 6.37. The van der Waals surface area contributed by atoms with Gasteiger partial charge in [0.25, 0.3) is 0 Å². The first-order chi connectivity index (χ1) is 9.81. The van der Waals surface area contributed by atoms with Crippen LogP contribution in [0.25, 0.3) is 0 Å². The highest BCUT2D eigenvalue weighted by molar-refractivity contribution is 7.88. The molecule has 0 radical (unpaired) electrons. The smallest absolute Gasteiger partial charge is 0.312 e. The van der Waals surface area contributed by atoms with Gasteiger partial charge in [0.05, 0.1) is 18.2 Å². The fraction of sp³-hybridized carbons (Fsp3) is 0.667. The zero-order chi connectivity index (χ0) is 15.3. The molecule has 0 spiro atoms. The van der Waals surface area contributed by atoms with Gasteiger partial charge in [0.1, 0.15) is 5.01 Å². The molecular formula is C12H17N3O4S2. The average molecular weight is 331 g/mol. The van der Waals surface area contributed by atoms with Crippen LogP contribution in [0.5, 0.6) is 0 Å². The summed E-state index contributed by atoms with van der Waals surface area (Å²) in [5.74, 6) is -1.06. The van der Waals surface area contributed by atoms with Gasteiger partial charge in [0.2, 0.25) is 10.0 Å². The Hall–Kier alpha value is -1.03. The van der Waals surface area contributed by atoms with Crippen molar-refractivity contribution in [1.29, 1.82) is 0 Å². The van der Waals surface area contributed by atoms with Crippen LogP contribution in [-0.4, -0.2) is 66.1 Å². The van der Waals surface area contributed by atoms with Crippen molar-refractivity contribution in [2.45, 2.75) is 6.54 Å². The van der Waals surface area contributed by atoms with Gasteiger partial charge in [0.15, 0.2) is 0 Å². The van der Waals surface area contributed by atoms with E-state index in [0.29, 0.717) is 26.2 Å². The zero-order valence-electron chi connectivity index (χ0n) is 11.6. The predicted molar refractivity (Wildman–Crippen MR) is 77.4 cm³/mol. The van der Waals surface area contributed by atoms with Gasteiger partial charge < -0.3 is 5.11 Å². The van der Waals surface area contributed by atoms with Crippen molar-refractivity contribution in [2.24, 2.45) is 11.3 Å². The Morgan fingerprint density at radius 1 is 1.52 bits per heavy atom. The molecule has 116 valence electrons. The first-order valence-electron chi connectivity index (χ1n) is 6.60. The molecule has 0 aromatic carbocycles. The zero-order valence-corrected chi connectivity index (χ0v) is 13.2. The molecule has 0 aliphatic carbocycles. The number of thiazole rings is 1. The third-order valence-electron chi connectivity index (χ3n) is 4.39. The maximum atomic E-state index is 11.8. The molecule has 1 aromatic heterocycles. The number of carboxylic acid groups (broad SMARTS) is 1. The van der Waals surface area contributed by atoms with Gasteiger partial charge in [-0.2, -0.15) is 0 Å². The number of hydrogen-bond acceptors (Lipinski definition) is 6. The van der Waals surface area contributed by atoms with E-state index < -0.39 is 21.4 Å². The molecule has 3 heterocycles. The maximum absolute atomic E-state index is 11.8. The molecule has 1 N–H and O–H groups in total. The molecule has 2 fully saturated rings. The predicted octanol–water partition coefficient (Wildman–Crippen LogP) is -0.0789. The van der Waals surface area contributed by atoms with E-state index in [0.717, 1.165) is 11.3 Å². The molecular weight excluding hydrogens is 314 g/mol. The van der Waals surface area contributed by atoms with Crippen LogP contribution in [0, 0.1) is 11.3 Å². The van der Waals surface area contributed by atoms with E-state index in [1.807, 2.05) is 5.38 Å². The number of fused-ring (bicyclic) bond motifs is 1. The molecule has 0 saturated carbocycles. The standard InChI is InChI=1S/C12H17N3O4S2/c1-21(18,19)15-5-9-4-14(6-10-13-2-3-20-10)7-12(9,8-15)11(16)17/h2-3,9H,4-8H2,1H3,(H,16,17)/t9-,12-/m1/s1. The highest BCUT2D eigenvalue weighted by atomic mass is 32.2. The van der Waals surface area contributed by atoms with E-state index in [1.54, 1.807) is 17.5 Å². The van der Waals surface area contributed by atoms with E-state index in [-0.39, 0.29) is 12.5 Å². The molecule has 2 atom stereocenters. The lowest BCUT2D eigenvalue weighted by molar-refractivity contribution is -0.148. The van der Waals surface area contributed by atoms with Crippen LogP contribution in [0.15, 0.2) is 11.6 Å². The number of aliphatic carboxylic acids is 1. The summed E-state index contributed by atoms with van der Waals surface area (Å²) in [5, 5.41) is 12.5. The maximum Gasteiger partial charge on any atom is 0.312 e. The van der Waals surface area contributed by atoms with E-state index in [4.69, 9.17) is 0 Å². The van der Waals surface area contributed by atoms with Crippen LogP contribution in [-0.2, 0) is 21.4 Å². The highest BCUT2D eigenvalue weighted by Crippen LogP contribution is 2.44. The first-order valence-corrected chi connectivity index (χ1v) is 9.33. The first kappa shape index (κ1) is 14.9. The van der Waals surface area contributed by atoms with Crippen molar-refractivity contribution >= 4 is 27.3 Å². The van der Waals surface area contributed by atoms with E-state index in [9.17, 15) is 18.3 Å². The van der Waals surface area contributed by atoms with Crippen molar-refractivity contribution in [2.75, 3.05) is 32.4 Å². The lowest BCUT2D eigenvalue weighted by Gasteiger charge is -2.24. The number of carbonyl (C=O) groups is 1. The number of rotatable bonds is 4. The van der Waals surface area contributed by atoms with Crippen LogP contribution in [0.1, 0.15) is 5.01 Å². The number of nitrogens with zero attached hydrogens (tertiary/aromatic N) is 3. The van der Waals surface area contributed by atoms with Crippen molar-refractivity contribution in [1.82, 2.24) is 14.2 Å². The van der Waals surface area contributed by atoms with Gasteiger partial charge in [-0.05, 0) is 0 Å². The quantitative estimate of drug-likeness (QED) is 0.830. The molecule has 0 amide bonds. The number of sulfonamides is 1. The lowest BCUT2D eigenvalue weighted by atomic mass is 9.81. The molecule has 2 aliphatic heterocycles. The van der Waals surface area contributed by atoms with Crippen molar-refractivity contribution in [3.8, 4) is 0 Å². The van der Waals surface area contributed by atoms with Gasteiger partial charge in [-0.1, -0.05) is 0 Å². The summed E-state index contributed by atoms with van der Waals surface area (Å²) in [7, 11) is -3.34. The van der Waals surface area contributed by atoms with Crippen molar-refractivity contribution < 1.29 is 18.3 Å². The molecule has 3 rings (SSSR count). The van der Waals surface area contributed by atoms with Gasteiger partial charge >= 0.3 is 5.97 Å². The minimum atomic E-state index is -3.34. The van der Waals surface area contributed by atoms with E-state index >= 15 is 0 Å². The topological polar surface area (TPSA) is 90.8 Å². The van der Waals surface area contributed by atoms with Crippen LogP contribution >= 0.6 is 11.3 Å². The summed E-state index contributed by atoms with van der Waals surface area (Å²) < 4.78 is 24.7. The summed E-state index contributed by atoms with van der Waals surface area (Å²) in [6.45, 7) is 1.96. The Bertz CT molecular complexity index is 645. The number of carboxylic acids is 1. The second-order valence-electron chi connectivity index (χ2n) is 5.81. The molecule has 2 saturated heterocycles. The minimum absolute atomic E-state index is 0.0696. The van der Waals surface area contributed by atoms with Crippen LogP contribution in [0.4, 0.5) is 0 Å². The van der Waals surface area contributed by atoms with Crippen molar-refractivity contribution in [3.05, 3.63) is 16.6 Å². The van der Waals surface area contributed by atoms with E-state index in [1.165, 1.54) is 4.31 Å². The fourth-order valence-electron chi connectivity index (χ4n) is 3.32. The van der Waals surface area contributed by atoms with Crippen LogP contribution in [0.3, 0.4) is 0 Å². The lowest BCUT2D eigenvalue weighted by Crippen LogP contribution is -2.41. The molecule has 1 aromatic rings. The SMILES string of the molecule is CS(=O)(=O)N1C[C@H]2CN(Cc3nccs3)C[C@@]2(C(=O)O)C1. The highest BCUT2D eigenvalue weighted by Gasteiger charge is 2.59. The van der Waals surface area contributed by atoms with Gasteiger partial charge in [-0.15, -0.1) is 11.3 Å². The van der Waals surface area contributed by atoms with Gasteiger partial charge in [-0.3, -0.25) is 9.69 Å². The second-order valence-corrected chi connectivity index (χ2v) is 8.77. The third kappa shape index (κ3) is 2.59. The Labute approximate surface area is 127 Å². The van der Waals surface area contributed by atoms with Gasteiger partial charge in [0, 0.05) is 43.7 Å². The minimum Gasteiger partial charge on any atom is -0.481 e. The summed E-state index contributed by atoms with van der Waals surface area (Å²) in [4.78, 5) is 18.0. The second kappa shape index (κ2) is 5.01. The van der Waals surface area contributed by atoms with Crippen molar-refractivity contribution in [3.63, 3.8) is 0 Å². The molecule has 2 aliphatic rings. The summed E-state index contributed by atoms with van der Waals surface area (Å²) in [6.07, 6.45) is 2.87. The number of likely N-dealkylation sites (tertiary alicyclic amines) is 1. The summed E-state index contributed by atoms with van der Waals surface area (Å²) in [6, 6.07) is 0. The molecule has 7 nitrogen and oxygen atoms in total. The summed E-state index contributed by atoms with van der Waals surface area (Å²) in [5.41, 5.74) is -0.986. The fourth-order valence-corrected chi connectivity index (χ4v) is 4.89. The Morgan fingerprint density at radius 2 is 2.29 bits per heavy atom. The monoisotopic (exact) mass is 331 g/mol. The normalized spacial score (nSPS) is 30.6. The largest absolute Gasteiger partial charge is 0.481 e. The number of aromatic nitrogens is 1. The Kier molecular flexibility index (Phi) is 3.55. The van der Waals surface area contributed by atoms with Crippen LogP contribution < -0.4 is 0 Å². The average Bonchev–Trinajstić information content (AvgIpc) is 3.01. The Balaban J connectivity index is 1.79. The summed E-state index contributed by atoms with van der Waals surface area (Å²) >= 11 is 1.54. The molecule has 9 heteroatoms. The molecule has 21 heavy (non-hydrogen) atoms. The number of hydrogen-bond donors (Lipinski definition) is 1. The van der Waals surface area contributed by atoms with Gasteiger partial charge in [-0.25, -0.2) is 17.7 Å². The molecule has 0 bridgehead atoms. The Morgan fingerprint density at radius 3 is 2.81 bits per heavy atom. The van der Waals surface area contributed by atoms with E-state index in [2.05, 4.69) is 9.88 Å². The van der Waals surface area contributed by atoms with Crippen LogP contribution in [0.2, 0.25) is 0 Å². The molecule has 0 unspecified atom stereocenters.